The van der Waals surface area contributed by atoms with Crippen molar-refractivity contribution >= 4 is 49.2 Å². The summed E-state index contributed by atoms with van der Waals surface area (Å²) < 4.78 is 1.05. The third-order valence-corrected chi connectivity index (χ3v) is 7.37. The Balaban J connectivity index is 1.55. The number of amides is 1. The van der Waals surface area contributed by atoms with Gasteiger partial charge in [0, 0.05) is 25.7 Å². The standard InChI is InChI=1S/C17H21N3O3S2/c1-10-4-5-11(16(22)23)9-20(10)15(21)13-8-12-14(24-13)18-17(25-12)19-6-2-3-7-19/h8,10-11H,2-7,9H2,1H3,(H,22,23). The van der Waals surface area contributed by atoms with Gasteiger partial charge in [0.15, 0.2) is 5.13 Å². The maximum absolute atomic E-state index is 12.9. The van der Waals surface area contributed by atoms with Gasteiger partial charge in [-0.15, -0.1) is 11.3 Å². The summed E-state index contributed by atoms with van der Waals surface area (Å²) in [6.07, 6.45) is 3.81. The zero-order valence-electron chi connectivity index (χ0n) is 14.1. The molecular weight excluding hydrogens is 358 g/mol. The van der Waals surface area contributed by atoms with Crippen molar-refractivity contribution in [1.82, 2.24) is 9.88 Å². The third kappa shape index (κ3) is 3.13. The van der Waals surface area contributed by atoms with Crippen LogP contribution in [0.5, 0.6) is 0 Å². The molecule has 0 aromatic carbocycles. The van der Waals surface area contributed by atoms with E-state index in [9.17, 15) is 14.7 Å². The number of thiazole rings is 1. The zero-order chi connectivity index (χ0) is 17.6. The van der Waals surface area contributed by atoms with Gasteiger partial charge < -0.3 is 14.9 Å². The average Bonchev–Trinajstić information content (AvgIpc) is 3.29. The minimum atomic E-state index is -0.811. The van der Waals surface area contributed by atoms with Crippen LogP contribution < -0.4 is 4.90 Å². The first-order chi connectivity index (χ1) is 12.0. The van der Waals surface area contributed by atoms with Crippen LogP contribution in [-0.2, 0) is 4.79 Å². The number of nitrogens with zero attached hydrogens (tertiary/aromatic N) is 3. The molecule has 1 amide bonds. The van der Waals surface area contributed by atoms with Gasteiger partial charge in [0.2, 0.25) is 0 Å². The van der Waals surface area contributed by atoms with Crippen LogP contribution in [0.15, 0.2) is 6.07 Å². The fraction of sp³-hybridized carbons (Fsp3) is 0.588. The van der Waals surface area contributed by atoms with Crippen LogP contribution in [0, 0.1) is 5.92 Å². The number of carbonyl (C=O) groups is 2. The van der Waals surface area contributed by atoms with Gasteiger partial charge in [-0.05, 0) is 38.7 Å². The summed E-state index contributed by atoms with van der Waals surface area (Å²) in [6.45, 7) is 4.42. The van der Waals surface area contributed by atoms with Crippen molar-refractivity contribution in [3.05, 3.63) is 10.9 Å². The lowest BCUT2D eigenvalue weighted by molar-refractivity contribution is -0.143. The van der Waals surface area contributed by atoms with Crippen LogP contribution in [0.1, 0.15) is 42.3 Å². The smallest absolute Gasteiger partial charge is 0.308 e. The summed E-state index contributed by atoms with van der Waals surface area (Å²) in [5.41, 5.74) is 0. The molecule has 2 fully saturated rings. The van der Waals surface area contributed by atoms with Crippen molar-refractivity contribution in [1.29, 1.82) is 0 Å². The Hall–Kier alpha value is -1.67. The van der Waals surface area contributed by atoms with E-state index in [2.05, 4.69) is 4.90 Å². The van der Waals surface area contributed by atoms with Crippen LogP contribution in [0.2, 0.25) is 0 Å². The molecule has 8 heteroatoms. The monoisotopic (exact) mass is 379 g/mol. The number of carboxylic acid groups (broad SMARTS) is 1. The number of aromatic nitrogens is 1. The van der Waals surface area contributed by atoms with E-state index in [0.29, 0.717) is 17.8 Å². The van der Waals surface area contributed by atoms with Gasteiger partial charge in [-0.3, -0.25) is 9.59 Å². The Kier molecular flexibility index (Phi) is 4.41. The number of hydrogen-bond acceptors (Lipinski definition) is 6. The highest BCUT2D eigenvalue weighted by Gasteiger charge is 2.33. The molecule has 4 rings (SSSR count). The Labute approximate surface area is 154 Å². The van der Waals surface area contributed by atoms with Gasteiger partial charge in [0.1, 0.15) is 4.83 Å². The number of rotatable bonds is 3. The molecule has 1 N–H and O–H groups in total. The molecule has 0 bridgehead atoms. The maximum Gasteiger partial charge on any atom is 0.308 e. The summed E-state index contributed by atoms with van der Waals surface area (Å²) >= 11 is 3.07. The van der Waals surface area contributed by atoms with E-state index in [0.717, 1.165) is 34.2 Å². The molecule has 2 unspecified atom stereocenters. The fourth-order valence-electron chi connectivity index (χ4n) is 3.61. The second-order valence-electron chi connectivity index (χ2n) is 6.89. The molecular formula is C17H21N3O3S2. The molecule has 134 valence electrons. The first-order valence-electron chi connectivity index (χ1n) is 8.72. The van der Waals surface area contributed by atoms with Crippen LogP contribution in [0.3, 0.4) is 0 Å². The summed E-state index contributed by atoms with van der Waals surface area (Å²) in [4.78, 5) is 34.5. The summed E-state index contributed by atoms with van der Waals surface area (Å²) in [7, 11) is 0. The van der Waals surface area contributed by atoms with E-state index in [4.69, 9.17) is 4.98 Å². The van der Waals surface area contributed by atoms with Gasteiger partial charge in [0.05, 0.1) is 15.5 Å². The van der Waals surface area contributed by atoms with Gasteiger partial charge in [-0.25, -0.2) is 4.98 Å². The van der Waals surface area contributed by atoms with Crippen LogP contribution in [0.25, 0.3) is 9.53 Å². The minimum absolute atomic E-state index is 0.0589. The van der Waals surface area contributed by atoms with Gasteiger partial charge >= 0.3 is 5.97 Å². The van der Waals surface area contributed by atoms with Gasteiger partial charge in [-0.2, -0.15) is 0 Å². The number of piperidine rings is 1. The lowest BCUT2D eigenvalue weighted by atomic mass is 9.93. The lowest BCUT2D eigenvalue weighted by Gasteiger charge is -2.36. The van der Waals surface area contributed by atoms with Crippen molar-refractivity contribution in [3.63, 3.8) is 0 Å². The molecule has 0 saturated carbocycles. The Morgan fingerprint density at radius 1 is 1.24 bits per heavy atom. The van der Waals surface area contributed by atoms with Crippen LogP contribution >= 0.6 is 22.7 Å². The summed E-state index contributed by atoms with van der Waals surface area (Å²) in [6, 6.07) is 2.01. The second-order valence-corrected chi connectivity index (χ2v) is 8.93. The first kappa shape index (κ1) is 16.8. The molecule has 6 nitrogen and oxygen atoms in total. The molecule has 2 aromatic rings. The van der Waals surface area contributed by atoms with Gasteiger partial charge in [0.25, 0.3) is 5.91 Å². The summed E-state index contributed by atoms with van der Waals surface area (Å²) in [5, 5.41) is 10.3. The molecule has 0 radical (unpaired) electrons. The van der Waals surface area contributed by atoms with Crippen LogP contribution in [-0.4, -0.2) is 52.5 Å². The molecule has 4 heterocycles. The number of anilines is 1. The molecule has 2 aromatic heterocycles. The number of thiophene rings is 1. The summed E-state index contributed by atoms with van der Waals surface area (Å²) in [5.74, 6) is -1.33. The van der Waals surface area contributed by atoms with Crippen molar-refractivity contribution < 1.29 is 14.7 Å². The Morgan fingerprint density at radius 2 is 2.00 bits per heavy atom. The highest BCUT2D eigenvalue weighted by molar-refractivity contribution is 7.29. The van der Waals surface area contributed by atoms with Crippen LogP contribution in [0.4, 0.5) is 5.13 Å². The molecule has 0 aliphatic carbocycles. The molecule has 2 aliphatic rings. The Morgan fingerprint density at radius 3 is 2.68 bits per heavy atom. The highest BCUT2D eigenvalue weighted by atomic mass is 32.1. The molecule has 2 atom stereocenters. The van der Waals surface area contributed by atoms with Gasteiger partial charge in [-0.1, -0.05) is 11.3 Å². The number of hydrogen-bond donors (Lipinski definition) is 1. The van der Waals surface area contributed by atoms with Crippen molar-refractivity contribution in [2.75, 3.05) is 24.5 Å². The molecule has 25 heavy (non-hydrogen) atoms. The van der Waals surface area contributed by atoms with Crippen molar-refractivity contribution in [2.24, 2.45) is 5.92 Å². The average molecular weight is 380 g/mol. The number of aliphatic carboxylic acids is 1. The zero-order valence-corrected chi connectivity index (χ0v) is 15.7. The predicted molar refractivity (Wildman–Crippen MR) is 99.8 cm³/mol. The SMILES string of the molecule is CC1CCC(C(=O)O)CN1C(=O)c1cc2sc(N3CCCC3)nc2s1. The third-order valence-electron chi connectivity index (χ3n) is 5.16. The van der Waals surface area contributed by atoms with E-state index < -0.39 is 11.9 Å². The number of fused-ring (bicyclic) bond motifs is 1. The second kappa shape index (κ2) is 6.57. The number of likely N-dealkylation sites (tertiary alicyclic amines) is 1. The minimum Gasteiger partial charge on any atom is -0.481 e. The normalized spacial score (nSPS) is 24.2. The van der Waals surface area contributed by atoms with Crippen molar-refractivity contribution in [3.8, 4) is 0 Å². The predicted octanol–water partition coefficient (Wildman–Crippen LogP) is 3.28. The largest absolute Gasteiger partial charge is 0.481 e. The number of carboxylic acids is 1. The maximum atomic E-state index is 12.9. The fourth-order valence-corrected chi connectivity index (χ4v) is 5.82. The Bertz CT molecular complexity index is 778. The molecule has 0 spiro atoms. The molecule has 2 aliphatic heterocycles. The van der Waals surface area contributed by atoms with E-state index in [1.54, 1.807) is 16.2 Å². The lowest BCUT2D eigenvalue weighted by Crippen LogP contribution is -2.47. The molecule has 2 saturated heterocycles. The van der Waals surface area contributed by atoms with E-state index in [1.807, 2.05) is 13.0 Å². The van der Waals surface area contributed by atoms with E-state index >= 15 is 0 Å². The van der Waals surface area contributed by atoms with E-state index in [-0.39, 0.29) is 11.9 Å². The first-order valence-corrected chi connectivity index (χ1v) is 10.4. The highest BCUT2D eigenvalue weighted by Crippen LogP contribution is 2.37. The van der Waals surface area contributed by atoms with E-state index in [1.165, 1.54) is 24.2 Å². The topological polar surface area (TPSA) is 73.7 Å². The number of carbonyl (C=O) groups excluding carboxylic acids is 1. The van der Waals surface area contributed by atoms with Crippen molar-refractivity contribution in [2.45, 2.75) is 38.6 Å². The quantitative estimate of drug-likeness (QED) is 0.886.